The van der Waals surface area contributed by atoms with Crippen LogP contribution < -0.4 is 10.1 Å². The number of carbonyl (C=O) groups excluding carboxylic acids is 1. The number of carbonyl (C=O) groups is 1. The van der Waals surface area contributed by atoms with Crippen molar-refractivity contribution in [1.82, 2.24) is 5.32 Å². The number of benzene rings is 1. The molecule has 112 valence electrons. The zero-order valence-corrected chi connectivity index (χ0v) is 12.2. The third-order valence-electron chi connectivity index (χ3n) is 3.18. The summed E-state index contributed by atoms with van der Waals surface area (Å²) in [7, 11) is 1.64. The first-order valence-electron chi connectivity index (χ1n) is 7.26. The van der Waals surface area contributed by atoms with Gasteiger partial charge < -0.3 is 15.2 Å². The van der Waals surface area contributed by atoms with Crippen molar-refractivity contribution < 1.29 is 14.6 Å². The van der Waals surface area contributed by atoms with Crippen LogP contribution in [0.2, 0.25) is 0 Å². The van der Waals surface area contributed by atoms with Crippen molar-refractivity contribution in [3.63, 3.8) is 0 Å². The summed E-state index contributed by atoms with van der Waals surface area (Å²) >= 11 is 0. The van der Waals surface area contributed by atoms with E-state index in [2.05, 4.69) is 5.32 Å². The monoisotopic (exact) mass is 279 g/mol. The number of ether oxygens (including phenoxy) is 1. The van der Waals surface area contributed by atoms with E-state index in [-0.39, 0.29) is 12.5 Å². The van der Waals surface area contributed by atoms with E-state index >= 15 is 0 Å². The molecular weight excluding hydrogens is 254 g/mol. The number of aryl methyl sites for hydroxylation is 1. The number of rotatable bonds is 10. The number of methoxy groups -OCH3 is 1. The third-order valence-corrected chi connectivity index (χ3v) is 3.18. The SMILES string of the molecule is COc1cccc(CCC(=O)NCCCCCCO)c1. The van der Waals surface area contributed by atoms with Gasteiger partial charge in [0.25, 0.3) is 0 Å². The number of hydrogen-bond donors (Lipinski definition) is 2. The predicted molar refractivity (Wildman–Crippen MR) is 79.9 cm³/mol. The van der Waals surface area contributed by atoms with Gasteiger partial charge in [-0.05, 0) is 37.0 Å². The van der Waals surface area contributed by atoms with Crippen molar-refractivity contribution in [2.24, 2.45) is 0 Å². The summed E-state index contributed by atoms with van der Waals surface area (Å²) in [5.74, 6) is 0.918. The summed E-state index contributed by atoms with van der Waals surface area (Å²) in [6.45, 7) is 0.981. The smallest absolute Gasteiger partial charge is 0.220 e. The van der Waals surface area contributed by atoms with Crippen LogP contribution in [0.5, 0.6) is 5.75 Å². The van der Waals surface area contributed by atoms with Gasteiger partial charge in [0.15, 0.2) is 0 Å². The quantitative estimate of drug-likeness (QED) is 0.646. The molecule has 0 aliphatic rings. The Morgan fingerprint density at radius 1 is 1.25 bits per heavy atom. The van der Waals surface area contributed by atoms with E-state index < -0.39 is 0 Å². The van der Waals surface area contributed by atoms with Gasteiger partial charge >= 0.3 is 0 Å². The maximum Gasteiger partial charge on any atom is 0.220 e. The van der Waals surface area contributed by atoms with E-state index in [1.807, 2.05) is 24.3 Å². The number of hydrogen-bond acceptors (Lipinski definition) is 3. The molecule has 0 atom stereocenters. The van der Waals surface area contributed by atoms with Gasteiger partial charge in [0.1, 0.15) is 5.75 Å². The number of amides is 1. The van der Waals surface area contributed by atoms with Gasteiger partial charge in [-0.3, -0.25) is 4.79 Å². The van der Waals surface area contributed by atoms with Gasteiger partial charge in [-0.2, -0.15) is 0 Å². The molecule has 0 spiro atoms. The fourth-order valence-corrected chi connectivity index (χ4v) is 1.99. The molecule has 0 bridgehead atoms. The highest BCUT2D eigenvalue weighted by atomic mass is 16.5. The van der Waals surface area contributed by atoms with Crippen LogP contribution in [0.25, 0.3) is 0 Å². The van der Waals surface area contributed by atoms with Gasteiger partial charge in [0.05, 0.1) is 7.11 Å². The lowest BCUT2D eigenvalue weighted by Crippen LogP contribution is -2.24. The second kappa shape index (κ2) is 10.3. The highest BCUT2D eigenvalue weighted by molar-refractivity contribution is 5.76. The summed E-state index contributed by atoms with van der Waals surface area (Å²) in [5, 5.41) is 11.6. The Bertz CT molecular complexity index is 393. The standard InChI is InChI=1S/C16H25NO3/c1-20-15-8-6-7-14(13-15)9-10-16(19)17-11-4-2-3-5-12-18/h6-8,13,18H,2-5,9-12H2,1H3,(H,17,19). The minimum Gasteiger partial charge on any atom is -0.497 e. The molecule has 1 aromatic carbocycles. The molecule has 0 heterocycles. The maximum absolute atomic E-state index is 11.7. The summed E-state index contributed by atoms with van der Waals surface area (Å²) in [4.78, 5) is 11.7. The molecule has 20 heavy (non-hydrogen) atoms. The Morgan fingerprint density at radius 3 is 2.80 bits per heavy atom. The lowest BCUT2D eigenvalue weighted by molar-refractivity contribution is -0.121. The Kier molecular flexibility index (Phi) is 8.47. The topological polar surface area (TPSA) is 58.6 Å². The molecule has 0 saturated heterocycles. The summed E-state index contributed by atoms with van der Waals surface area (Å²) in [6.07, 6.45) is 5.14. The largest absolute Gasteiger partial charge is 0.497 e. The van der Waals surface area contributed by atoms with E-state index in [4.69, 9.17) is 9.84 Å². The first-order chi connectivity index (χ1) is 9.76. The minimum absolute atomic E-state index is 0.0926. The van der Waals surface area contributed by atoms with Crippen LogP contribution in [0.1, 0.15) is 37.7 Å². The van der Waals surface area contributed by atoms with E-state index in [1.165, 1.54) is 0 Å². The maximum atomic E-state index is 11.7. The van der Waals surface area contributed by atoms with Crippen LogP contribution in [0.3, 0.4) is 0 Å². The van der Waals surface area contributed by atoms with Crippen molar-refractivity contribution in [1.29, 1.82) is 0 Å². The molecule has 0 aromatic heterocycles. The molecule has 0 aliphatic heterocycles. The lowest BCUT2D eigenvalue weighted by atomic mass is 10.1. The summed E-state index contributed by atoms with van der Waals surface area (Å²) < 4.78 is 5.15. The molecule has 0 fully saturated rings. The first kappa shape index (κ1) is 16.5. The first-order valence-corrected chi connectivity index (χ1v) is 7.26. The van der Waals surface area contributed by atoms with Crippen molar-refractivity contribution in [3.8, 4) is 5.75 Å². The second-order valence-corrected chi connectivity index (χ2v) is 4.84. The Balaban J connectivity index is 2.13. The number of aliphatic hydroxyl groups is 1. The van der Waals surface area contributed by atoms with Crippen LogP contribution in [-0.2, 0) is 11.2 Å². The van der Waals surface area contributed by atoms with E-state index in [0.717, 1.165) is 50.0 Å². The normalized spacial score (nSPS) is 10.3. The zero-order valence-electron chi connectivity index (χ0n) is 12.2. The molecule has 4 heteroatoms. The summed E-state index contributed by atoms with van der Waals surface area (Å²) in [5.41, 5.74) is 1.11. The average Bonchev–Trinajstić information content (AvgIpc) is 2.49. The highest BCUT2D eigenvalue weighted by Gasteiger charge is 2.02. The number of nitrogens with one attached hydrogen (secondary N) is 1. The lowest BCUT2D eigenvalue weighted by Gasteiger charge is -2.06. The van der Waals surface area contributed by atoms with Crippen molar-refractivity contribution in [2.45, 2.75) is 38.5 Å². The van der Waals surface area contributed by atoms with Gasteiger partial charge in [-0.25, -0.2) is 0 Å². The van der Waals surface area contributed by atoms with Crippen LogP contribution in [0.4, 0.5) is 0 Å². The Hall–Kier alpha value is -1.55. The predicted octanol–water partition coefficient (Wildman–Crippen LogP) is 2.30. The molecule has 1 rings (SSSR count). The third kappa shape index (κ3) is 7.14. The number of aliphatic hydroxyl groups excluding tert-OH is 1. The Labute approximate surface area is 121 Å². The van der Waals surface area contributed by atoms with Crippen molar-refractivity contribution in [2.75, 3.05) is 20.3 Å². The summed E-state index contributed by atoms with van der Waals surface area (Å²) in [6, 6.07) is 7.80. The Morgan fingerprint density at radius 2 is 2.05 bits per heavy atom. The van der Waals surface area contributed by atoms with E-state index in [9.17, 15) is 4.79 Å². The van der Waals surface area contributed by atoms with Gasteiger partial charge in [-0.1, -0.05) is 25.0 Å². The van der Waals surface area contributed by atoms with Crippen LogP contribution in [0, 0.1) is 0 Å². The fourth-order valence-electron chi connectivity index (χ4n) is 1.99. The van der Waals surface area contributed by atoms with Crippen LogP contribution in [0.15, 0.2) is 24.3 Å². The van der Waals surface area contributed by atoms with Crippen LogP contribution in [-0.4, -0.2) is 31.3 Å². The van der Waals surface area contributed by atoms with Gasteiger partial charge in [0.2, 0.25) is 5.91 Å². The molecule has 2 N–H and O–H groups in total. The van der Waals surface area contributed by atoms with Crippen molar-refractivity contribution >= 4 is 5.91 Å². The molecule has 0 saturated carbocycles. The van der Waals surface area contributed by atoms with Crippen molar-refractivity contribution in [3.05, 3.63) is 29.8 Å². The van der Waals surface area contributed by atoms with Gasteiger partial charge in [-0.15, -0.1) is 0 Å². The molecule has 1 amide bonds. The highest BCUT2D eigenvalue weighted by Crippen LogP contribution is 2.13. The number of unbranched alkanes of at least 4 members (excludes halogenated alkanes) is 3. The zero-order chi connectivity index (χ0) is 14.6. The fraction of sp³-hybridized carbons (Fsp3) is 0.562. The average molecular weight is 279 g/mol. The van der Waals surface area contributed by atoms with Crippen LogP contribution >= 0.6 is 0 Å². The molecule has 1 aromatic rings. The molecule has 4 nitrogen and oxygen atoms in total. The van der Waals surface area contributed by atoms with Gasteiger partial charge in [0, 0.05) is 19.6 Å². The molecular formula is C16H25NO3. The second-order valence-electron chi connectivity index (χ2n) is 4.84. The molecule has 0 aliphatic carbocycles. The van der Waals surface area contributed by atoms with E-state index in [0.29, 0.717) is 6.42 Å². The molecule has 0 radical (unpaired) electrons. The molecule has 0 unspecified atom stereocenters. The minimum atomic E-state index is 0.0926. The van der Waals surface area contributed by atoms with E-state index in [1.54, 1.807) is 7.11 Å².